The Kier molecular flexibility index (Phi) is 3.14. The van der Waals surface area contributed by atoms with Crippen LogP contribution in [0.25, 0.3) is 0 Å². The van der Waals surface area contributed by atoms with Crippen molar-refractivity contribution in [3.63, 3.8) is 0 Å². The lowest BCUT2D eigenvalue weighted by molar-refractivity contribution is -0.114. The molecule has 1 aromatic carbocycles. The topological polar surface area (TPSA) is 38.3 Å². The molecule has 1 amide bonds. The number of amides is 1. The second-order valence-electron chi connectivity index (χ2n) is 2.53. The maximum absolute atomic E-state index is 10.8. The molecule has 0 aromatic heterocycles. The molecule has 3 nitrogen and oxygen atoms in total. The van der Waals surface area contributed by atoms with Gasteiger partial charge in [0.15, 0.2) is 0 Å². The molecular formula is C9H10ClNO2. The van der Waals surface area contributed by atoms with E-state index in [2.05, 4.69) is 5.32 Å². The fraction of sp³-hybridized carbons (Fsp3) is 0.222. The Morgan fingerprint density at radius 2 is 2.23 bits per heavy atom. The lowest BCUT2D eigenvalue weighted by atomic mass is 10.3. The molecule has 0 spiro atoms. The number of benzene rings is 1. The SMILES string of the molecule is COc1ccc(Cl)c(NC(C)=O)c1. The summed E-state index contributed by atoms with van der Waals surface area (Å²) >= 11 is 5.83. The molecule has 0 aliphatic heterocycles. The molecule has 0 atom stereocenters. The van der Waals surface area contributed by atoms with Gasteiger partial charge in [0.1, 0.15) is 5.75 Å². The van der Waals surface area contributed by atoms with Crippen molar-refractivity contribution in [1.82, 2.24) is 0 Å². The molecule has 70 valence electrons. The van der Waals surface area contributed by atoms with Gasteiger partial charge >= 0.3 is 0 Å². The molecular weight excluding hydrogens is 190 g/mol. The summed E-state index contributed by atoms with van der Waals surface area (Å²) in [5.41, 5.74) is 0.563. The fourth-order valence-electron chi connectivity index (χ4n) is 0.917. The molecule has 0 saturated carbocycles. The summed E-state index contributed by atoms with van der Waals surface area (Å²) < 4.78 is 4.98. The predicted octanol–water partition coefficient (Wildman–Crippen LogP) is 2.31. The second kappa shape index (κ2) is 4.14. The average molecular weight is 200 g/mol. The van der Waals surface area contributed by atoms with Gasteiger partial charge in [0.25, 0.3) is 0 Å². The largest absolute Gasteiger partial charge is 0.497 e. The van der Waals surface area contributed by atoms with Crippen LogP contribution in [-0.4, -0.2) is 13.0 Å². The maximum Gasteiger partial charge on any atom is 0.221 e. The summed E-state index contributed by atoms with van der Waals surface area (Å²) in [7, 11) is 1.56. The number of rotatable bonds is 2. The van der Waals surface area contributed by atoms with Crippen molar-refractivity contribution in [2.75, 3.05) is 12.4 Å². The van der Waals surface area contributed by atoms with E-state index in [1.54, 1.807) is 25.3 Å². The summed E-state index contributed by atoms with van der Waals surface area (Å²) in [6.45, 7) is 1.43. The van der Waals surface area contributed by atoms with Crippen molar-refractivity contribution in [3.8, 4) is 5.75 Å². The van der Waals surface area contributed by atoms with E-state index in [0.29, 0.717) is 16.5 Å². The number of carbonyl (C=O) groups is 1. The van der Waals surface area contributed by atoms with Gasteiger partial charge in [0.05, 0.1) is 17.8 Å². The number of carbonyl (C=O) groups excluding carboxylic acids is 1. The Labute approximate surface area is 81.7 Å². The van der Waals surface area contributed by atoms with E-state index < -0.39 is 0 Å². The standard InChI is InChI=1S/C9H10ClNO2/c1-6(12)11-9-5-7(13-2)3-4-8(9)10/h3-5H,1-2H3,(H,11,12). The molecule has 0 fully saturated rings. The highest BCUT2D eigenvalue weighted by atomic mass is 35.5. The number of nitrogens with one attached hydrogen (secondary N) is 1. The first-order valence-electron chi connectivity index (χ1n) is 3.74. The minimum absolute atomic E-state index is 0.157. The molecule has 0 heterocycles. The van der Waals surface area contributed by atoms with Gasteiger partial charge in [-0.3, -0.25) is 4.79 Å². The van der Waals surface area contributed by atoms with Crippen molar-refractivity contribution < 1.29 is 9.53 Å². The smallest absolute Gasteiger partial charge is 0.221 e. The molecule has 1 N–H and O–H groups in total. The summed E-state index contributed by atoms with van der Waals surface area (Å²) in [5.74, 6) is 0.503. The zero-order chi connectivity index (χ0) is 9.84. The third kappa shape index (κ3) is 2.63. The predicted molar refractivity (Wildman–Crippen MR) is 52.3 cm³/mol. The normalized spacial score (nSPS) is 9.46. The van der Waals surface area contributed by atoms with Crippen molar-refractivity contribution in [3.05, 3.63) is 23.2 Å². The Morgan fingerprint density at radius 1 is 1.54 bits per heavy atom. The van der Waals surface area contributed by atoms with Crippen LogP contribution in [0.5, 0.6) is 5.75 Å². The maximum atomic E-state index is 10.8. The highest BCUT2D eigenvalue weighted by Crippen LogP contribution is 2.26. The molecule has 13 heavy (non-hydrogen) atoms. The van der Waals surface area contributed by atoms with Gasteiger partial charge in [-0.05, 0) is 12.1 Å². The number of anilines is 1. The van der Waals surface area contributed by atoms with Gasteiger partial charge in [-0.25, -0.2) is 0 Å². The molecule has 0 unspecified atom stereocenters. The third-order valence-corrected chi connectivity index (χ3v) is 1.81. The van der Waals surface area contributed by atoms with E-state index >= 15 is 0 Å². The molecule has 1 aromatic rings. The van der Waals surface area contributed by atoms with Crippen molar-refractivity contribution >= 4 is 23.2 Å². The zero-order valence-corrected chi connectivity index (χ0v) is 8.18. The van der Waals surface area contributed by atoms with Crippen LogP contribution in [0.15, 0.2) is 18.2 Å². The quantitative estimate of drug-likeness (QED) is 0.794. The first-order valence-corrected chi connectivity index (χ1v) is 4.12. The Morgan fingerprint density at radius 3 is 2.77 bits per heavy atom. The second-order valence-corrected chi connectivity index (χ2v) is 2.93. The fourth-order valence-corrected chi connectivity index (χ4v) is 1.08. The zero-order valence-electron chi connectivity index (χ0n) is 7.43. The Hall–Kier alpha value is -1.22. The van der Waals surface area contributed by atoms with Crippen molar-refractivity contribution in [2.24, 2.45) is 0 Å². The van der Waals surface area contributed by atoms with Crippen LogP contribution < -0.4 is 10.1 Å². The number of hydrogen-bond donors (Lipinski definition) is 1. The molecule has 4 heteroatoms. The van der Waals surface area contributed by atoms with Crippen molar-refractivity contribution in [2.45, 2.75) is 6.92 Å². The number of hydrogen-bond acceptors (Lipinski definition) is 2. The lowest BCUT2D eigenvalue weighted by Gasteiger charge is -2.06. The minimum Gasteiger partial charge on any atom is -0.497 e. The van der Waals surface area contributed by atoms with Gasteiger partial charge in [-0.2, -0.15) is 0 Å². The lowest BCUT2D eigenvalue weighted by Crippen LogP contribution is -2.06. The number of ether oxygens (including phenoxy) is 1. The van der Waals surface area contributed by atoms with Crippen LogP contribution in [0.1, 0.15) is 6.92 Å². The van der Waals surface area contributed by atoms with Crippen LogP contribution in [-0.2, 0) is 4.79 Å². The van der Waals surface area contributed by atoms with Crippen LogP contribution in [0.2, 0.25) is 5.02 Å². The van der Waals surface area contributed by atoms with E-state index in [0.717, 1.165) is 0 Å². The molecule has 0 aliphatic rings. The Balaban J connectivity index is 2.96. The molecule has 0 saturated heterocycles. The van der Waals surface area contributed by atoms with E-state index in [9.17, 15) is 4.79 Å². The molecule has 0 aliphatic carbocycles. The van der Waals surface area contributed by atoms with Crippen molar-refractivity contribution in [1.29, 1.82) is 0 Å². The summed E-state index contributed by atoms with van der Waals surface area (Å²) in [5, 5.41) is 3.09. The third-order valence-electron chi connectivity index (χ3n) is 1.48. The summed E-state index contributed by atoms with van der Waals surface area (Å²) in [6, 6.07) is 5.07. The van der Waals surface area contributed by atoms with E-state index in [1.165, 1.54) is 6.92 Å². The summed E-state index contributed by atoms with van der Waals surface area (Å²) in [6.07, 6.45) is 0. The van der Waals surface area contributed by atoms with E-state index in [4.69, 9.17) is 16.3 Å². The van der Waals surface area contributed by atoms with E-state index in [1.807, 2.05) is 0 Å². The van der Waals surface area contributed by atoms with Crippen LogP contribution in [0, 0.1) is 0 Å². The minimum atomic E-state index is -0.157. The van der Waals surface area contributed by atoms with Gasteiger partial charge in [0, 0.05) is 13.0 Å². The highest BCUT2D eigenvalue weighted by molar-refractivity contribution is 6.33. The van der Waals surface area contributed by atoms with Gasteiger partial charge < -0.3 is 10.1 Å². The van der Waals surface area contributed by atoms with Crippen LogP contribution in [0.4, 0.5) is 5.69 Å². The molecule has 0 radical (unpaired) electrons. The number of methoxy groups -OCH3 is 1. The Bertz CT molecular complexity index is 325. The first-order chi connectivity index (χ1) is 6.13. The highest BCUT2D eigenvalue weighted by Gasteiger charge is 2.03. The number of halogens is 1. The summed E-state index contributed by atoms with van der Waals surface area (Å²) in [4.78, 5) is 10.8. The van der Waals surface area contributed by atoms with Crippen LogP contribution in [0.3, 0.4) is 0 Å². The van der Waals surface area contributed by atoms with E-state index in [-0.39, 0.29) is 5.91 Å². The molecule has 1 rings (SSSR count). The average Bonchev–Trinajstić information content (AvgIpc) is 2.08. The van der Waals surface area contributed by atoms with Gasteiger partial charge in [-0.1, -0.05) is 11.6 Å². The van der Waals surface area contributed by atoms with Gasteiger partial charge in [0.2, 0.25) is 5.91 Å². The van der Waals surface area contributed by atoms with Gasteiger partial charge in [-0.15, -0.1) is 0 Å². The van der Waals surface area contributed by atoms with Crippen LogP contribution >= 0.6 is 11.6 Å². The first kappa shape index (κ1) is 9.86. The molecule has 0 bridgehead atoms. The monoisotopic (exact) mass is 199 g/mol.